The third-order valence-corrected chi connectivity index (χ3v) is 3.91. The van der Waals surface area contributed by atoms with Crippen molar-refractivity contribution in [2.24, 2.45) is 5.92 Å². The molecule has 0 bridgehead atoms. The van der Waals surface area contributed by atoms with E-state index in [-0.39, 0.29) is 12.6 Å². The van der Waals surface area contributed by atoms with Crippen LogP contribution in [-0.2, 0) is 4.79 Å². The van der Waals surface area contributed by atoms with Gasteiger partial charge < -0.3 is 14.9 Å². The van der Waals surface area contributed by atoms with Crippen molar-refractivity contribution in [1.82, 2.24) is 9.80 Å². The number of carbonyl (C=O) groups is 2. The van der Waals surface area contributed by atoms with Crippen molar-refractivity contribution in [2.75, 3.05) is 26.2 Å². The van der Waals surface area contributed by atoms with E-state index in [0.29, 0.717) is 6.54 Å². The van der Waals surface area contributed by atoms with Gasteiger partial charge in [-0.05, 0) is 31.6 Å². The molecule has 0 aromatic carbocycles. The fraction of sp³-hybridized carbons (Fsp3) is 0.867. The maximum atomic E-state index is 12.4. The highest BCUT2D eigenvalue weighted by atomic mass is 16.4. The predicted octanol–water partition coefficient (Wildman–Crippen LogP) is 2.81. The zero-order chi connectivity index (χ0) is 15.0. The highest BCUT2D eigenvalue weighted by Gasteiger charge is 2.25. The first-order valence-corrected chi connectivity index (χ1v) is 7.84. The Labute approximate surface area is 121 Å². The standard InChI is InChI=1S/C15H28N2O3/c1-3-6-13-7-5-10-16(11-8-13)15(20)17(9-4-2)12-14(18)19/h13H,3-12H2,1-2H3,(H,18,19). The van der Waals surface area contributed by atoms with Gasteiger partial charge in [-0.1, -0.05) is 26.7 Å². The van der Waals surface area contributed by atoms with E-state index in [1.54, 1.807) is 0 Å². The molecule has 0 saturated carbocycles. The first-order chi connectivity index (χ1) is 9.58. The lowest BCUT2D eigenvalue weighted by molar-refractivity contribution is -0.137. The topological polar surface area (TPSA) is 60.9 Å². The van der Waals surface area contributed by atoms with Crippen LogP contribution in [0.25, 0.3) is 0 Å². The molecule has 1 atom stereocenters. The van der Waals surface area contributed by atoms with Gasteiger partial charge in [0.05, 0.1) is 0 Å². The van der Waals surface area contributed by atoms with Crippen LogP contribution in [0.15, 0.2) is 0 Å². The molecule has 20 heavy (non-hydrogen) atoms. The number of rotatable bonds is 6. The van der Waals surface area contributed by atoms with Crippen molar-refractivity contribution in [3.05, 3.63) is 0 Å². The Balaban J connectivity index is 2.57. The molecular weight excluding hydrogens is 256 g/mol. The van der Waals surface area contributed by atoms with Crippen LogP contribution < -0.4 is 0 Å². The summed E-state index contributed by atoms with van der Waals surface area (Å²) in [5.74, 6) is -0.220. The van der Waals surface area contributed by atoms with Crippen LogP contribution in [0.5, 0.6) is 0 Å². The molecule has 5 nitrogen and oxygen atoms in total. The number of hydrogen-bond donors (Lipinski definition) is 1. The Hall–Kier alpha value is -1.26. The quantitative estimate of drug-likeness (QED) is 0.816. The average molecular weight is 284 g/mol. The molecule has 0 aromatic rings. The average Bonchev–Trinajstić information content (AvgIpc) is 2.63. The zero-order valence-corrected chi connectivity index (χ0v) is 12.8. The molecule has 5 heteroatoms. The van der Waals surface area contributed by atoms with E-state index in [1.165, 1.54) is 24.2 Å². The number of hydrogen-bond acceptors (Lipinski definition) is 2. The first-order valence-electron chi connectivity index (χ1n) is 7.84. The van der Waals surface area contributed by atoms with Crippen LogP contribution in [0.4, 0.5) is 4.79 Å². The van der Waals surface area contributed by atoms with E-state index in [0.717, 1.165) is 38.3 Å². The number of nitrogens with zero attached hydrogens (tertiary/aromatic N) is 2. The zero-order valence-electron chi connectivity index (χ0n) is 12.8. The van der Waals surface area contributed by atoms with Crippen molar-refractivity contribution in [1.29, 1.82) is 0 Å². The second kappa shape index (κ2) is 8.82. The second-order valence-electron chi connectivity index (χ2n) is 5.67. The fourth-order valence-electron chi connectivity index (χ4n) is 2.93. The molecule has 2 amide bonds. The molecule has 0 radical (unpaired) electrons. The van der Waals surface area contributed by atoms with Crippen LogP contribution >= 0.6 is 0 Å². The molecule has 0 spiro atoms. The van der Waals surface area contributed by atoms with Crippen molar-refractivity contribution in [3.8, 4) is 0 Å². The van der Waals surface area contributed by atoms with Crippen molar-refractivity contribution in [2.45, 2.75) is 52.4 Å². The molecule has 0 aromatic heterocycles. The van der Waals surface area contributed by atoms with E-state index < -0.39 is 5.97 Å². The summed E-state index contributed by atoms with van der Waals surface area (Å²) < 4.78 is 0. The number of urea groups is 1. The number of aliphatic carboxylic acids is 1. The molecule has 1 aliphatic rings. The number of carboxylic acids is 1. The summed E-state index contributed by atoms with van der Waals surface area (Å²) in [5, 5.41) is 8.91. The van der Waals surface area contributed by atoms with Crippen LogP contribution in [-0.4, -0.2) is 53.1 Å². The van der Waals surface area contributed by atoms with Gasteiger partial charge in [0, 0.05) is 19.6 Å². The molecule has 116 valence electrons. The summed E-state index contributed by atoms with van der Waals surface area (Å²) in [5.41, 5.74) is 0. The van der Waals surface area contributed by atoms with Gasteiger partial charge >= 0.3 is 12.0 Å². The Kier molecular flexibility index (Phi) is 7.41. The Morgan fingerprint density at radius 1 is 1.20 bits per heavy atom. The molecule has 1 N–H and O–H groups in total. The predicted molar refractivity (Wildman–Crippen MR) is 78.7 cm³/mol. The van der Waals surface area contributed by atoms with Gasteiger partial charge in [0.25, 0.3) is 0 Å². The minimum atomic E-state index is -0.939. The summed E-state index contributed by atoms with van der Waals surface area (Å²) >= 11 is 0. The van der Waals surface area contributed by atoms with Gasteiger partial charge in [-0.25, -0.2) is 4.79 Å². The van der Waals surface area contributed by atoms with Gasteiger partial charge in [0.1, 0.15) is 6.54 Å². The number of carboxylic acid groups (broad SMARTS) is 1. The fourth-order valence-corrected chi connectivity index (χ4v) is 2.93. The van der Waals surface area contributed by atoms with E-state index in [1.807, 2.05) is 11.8 Å². The molecule has 1 unspecified atom stereocenters. The van der Waals surface area contributed by atoms with Gasteiger partial charge in [0.15, 0.2) is 0 Å². The first kappa shape index (κ1) is 16.8. The van der Waals surface area contributed by atoms with Crippen molar-refractivity contribution < 1.29 is 14.7 Å². The van der Waals surface area contributed by atoms with Crippen LogP contribution in [0.1, 0.15) is 52.4 Å². The SMILES string of the molecule is CCCC1CCCN(C(=O)N(CCC)CC(=O)O)CC1. The highest BCUT2D eigenvalue weighted by Crippen LogP contribution is 2.22. The van der Waals surface area contributed by atoms with Crippen molar-refractivity contribution in [3.63, 3.8) is 0 Å². The second-order valence-corrected chi connectivity index (χ2v) is 5.67. The summed E-state index contributed by atoms with van der Waals surface area (Å²) in [6, 6.07) is -0.105. The summed E-state index contributed by atoms with van der Waals surface area (Å²) in [6.07, 6.45) is 6.47. The van der Waals surface area contributed by atoms with Crippen LogP contribution in [0.3, 0.4) is 0 Å². The Bertz CT molecular complexity index is 320. The lowest BCUT2D eigenvalue weighted by atomic mass is 9.96. The summed E-state index contributed by atoms with van der Waals surface area (Å²) in [4.78, 5) is 26.6. The molecular formula is C15H28N2O3. The van der Waals surface area contributed by atoms with E-state index in [2.05, 4.69) is 6.92 Å². The maximum absolute atomic E-state index is 12.4. The molecule has 0 aliphatic carbocycles. The van der Waals surface area contributed by atoms with E-state index >= 15 is 0 Å². The minimum Gasteiger partial charge on any atom is -0.480 e. The third kappa shape index (κ3) is 5.39. The van der Waals surface area contributed by atoms with E-state index in [9.17, 15) is 9.59 Å². The van der Waals surface area contributed by atoms with Gasteiger partial charge in [0.2, 0.25) is 0 Å². The molecule has 1 heterocycles. The van der Waals surface area contributed by atoms with Crippen molar-refractivity contribution >= 4 is 12.0 Å². The smallest absolute Gasteiger partial charge is 0.323 e. The molecule has 1 fully saturated rings. The monoisotopic (exact) mass is 284 g/mol. The maximum Gasteiger partial charge on any atom is 0.323 e. The lowest BCUT2D eigenvalue weighted by Crippen LogP contribution is -2.46. The Morgan fingerprint density at radius 2 is 1.95 bits per heavy atom. The summed E-state index contributed by atoms with van der Waals surface area (Å²) in [6.45, 7) is 6.01. The number of carbonyl (C=O) groups excluding carboxylic acids is 1. The lowest BCUT2D eigenvalue weighted by Gasteiger charge is -2.28. The van der Waals surface area contributed by atoms with Gasteiger partial charge in [-0.3, -0.25) is 4.79 Å². The molecule has 1 saturated heterocycles. The van der Waals surface area contributed by atoms with E-state index in [4.69, 9.17) is 5.11 Å². The molecule has 1 aliphatic heterocycles. The largest absolute Gasteiger partial charge is 0.480 e. The van der Waals surface area contributed by atoms with Gasteiger partial charge in [-0.2, -0.15) is 0 Å². The third-order valence-electron chi connectivity index (χ3n) is 3.91. The van der Waals surface area contributed by atoms with Gasteiger partial charge in [-0.15, -0.1) is 0 Å². The normalized spacial score (nSPS) is 19.5. The number of amides is 2. The number of likely N-dealkylation sites (tertiary alicyclic amines) is 1. The van der Waals surface area contributed by atoms with Crippen LogP contribution in [0, 0.1) is 5.92 Å². The van der Waals surface area contributed by atoms with Crippen LogP contribution in [0.2, 0.25) is 0 Å². The minimum absolute atomic E-state index is 0.105. The highest BCUT2D eigenvalue weighted by molar-refractivity contribution is 5.80. The Morgan fingerprint density at radius 3 is 2.55 bits per heavy atom. The molecule has 1 rings (SSSR count). The summed E-state index contributed by atoms with van der Waals surface area (Å²) in [7, 11) is 0.